The van der Waals surface area contributed by atoms with Crippen LogP contribution in [-0.2, 0) is 0 Å². The quantitative estimate of drug-likeness (QED) is 0.799. The number of rotatable bonds is 1. The van der Waals surface area contributed by atoms with Crippen molar-refractivity contribution in [1.29, 1.82) is 0 Å². The average molecular weight is 264 g/mol. The van der Waals surface area contributed by atoms with Gasteiger partial charge >= 0.3 is 0 Å². The summed E-state index contributed by atoms with van der Waals surface area (Å²) in [6.45, 7) is 8.71. The molecular weight excluding hydrogens is 242 g/mol. The third-order valence-electron chi connectivity index (χ3n) is 3.44. The minimum absolute atomic E-state index is 0. The molecule has 0 bridgehead atoms. The number of nitrogens with two attached hydrogens (primary N) is 1. The largest absolute Gasteiger partial charge is 0.323 e. The summed E-state index contributed by atoms with van der Waals surface area (Å²) in [6.07, 6.45) is 0. The van der Waals surface area contributed by atoms with E-state index in [0.717, 1.165) is 0 Å². The summed E-state index contributed by atoms with van der Waals surface area (Å²) in [5.74, 6) is 0. The fourth-order valence-electron chi connectivity index (χ4n) is 2.21. The number of fused-ring (bicyclic) bond motifs is 1. The Bertz CT molecular complexity index is 540. The number of aryl methyl sites for hydroxylation is 1. The minimum Gasteiger partial charge on any atom is -0.323 e. The summed E-state index contributed by atoms with van der Waals surface area (Å²) in [4.78, 5) is 0. The molecule has 0 aliphatic rings. The number of hydrogen-bond donors (Lipinski definition) is 1. The van der Waals surface area contributed by atoms with E-state index >= 15 is 0 Å². The molecule has 0 spiro atoms. The highest BCUT2D eigenvalue weighted by Crippen LogP contribution is 2.35. The average Bonchev–Trinajstić information content (AvgIpc) is 2.28. The maximum atomic E-state index is 6.39. The zero-order chi connectivity index (χ0) is 12.6. The molecule has 0 unspecified atom stereocenters. The maximum Gasteiger partial charge on any atom is 0.0350 e. The highest BCUT2D eigenvalue weighted by atomic mass is 35.5. The minimum atomic E-state index is 0. The first kappa shape index (κ1) is 15.0. The van der Waals surface area contributed by atoms with Crippen LogP contribution in [0.15, 0.2) is 36.4 Å². The van der Waals surface area contributed by atoms with E-state index in [2.05, 4.69) is 64.1 Å². The summed E-state index contributed by atoms with van der Waals surface area (Å²) >= 11 is 0. The predicted molar refractivity (Wildman–Crippen MR) is 82.3 cm³/mol. The monoisotopic (exact) mass is 263 g/mol. The van der Waals surface area contributed by atoms with E-state index in [0.29, 0.717) is 0 Å². The molecule has 2 aromatic rings. The molecule has 0 heterocycles. The van der Waals surface area contributed by atoms with E-state index in [4.69, 9.17) is 5.73 Å². The van der Waals surface area contributed by atoms with Crippen LogP contribution in [0.2, 0.25) is 0 Å². The zero-order valence-corrected chi connectivity index (χ0v) is 12.3. The fourth-order valence-corrected chi connectivity index (χ4v) is 2.21. The van der Waals surface area contributed by atoms with Crippen LogP contribution in [-0.4, -0.2) is 0 Å². The van der Waals surface area contributed by atoms with Crippen LogP contribution in [0.1, 0.15) is 37.9 Å². The van der Waals surface area contributed by atoms with Crippen LogP contribution in [0.25, 0.3) is 10.8 Å². The van der Waals surface area contributed by atoms with Gasteiger partial charge in [-0.15, -0.1) is 12.4 Å². The van der Waals surface area contributed by atoms with Gasteiger partial charge in [-0.25, -0.2) is 0 Å². The maximum absolute atomic E-state index is 6.39. The highest BCUT2D eigenvalue weighted by Gasteiger charge is 2.23. The standard InChI is InChI=1S/C16H21N.ClH/c1-11-9-10-14(15(17)16(2,3)4)13-8-6-5-7-12(11)13;/h5-10,15H,17H2,1-4H3;1H/t15-;/m1./s1. The van der Waals surface area contributed by atoms with Gasteiger partial charge in [0.15, 0.2) is 0 Å². The van der Waals surface area contributed by atoms with Crippen molar-refractivity contribution in [3.8, 4) is 0 Å². The first-order valence-corrected chi connectivity index (χ1v) is 6.15. The van der Waals surface area contributed by atoms with Crippen molar-refractivity contribution < 1.29 is 0 Å². The number of halogens is 1. The Hall–Kier alpha value is -1.05. The second-order valence-electron chi connectivity index (χ2n) is 5.86. The summed E-state index contributed by atoms with van der Waals surface area (Å²) < 4.78 is 0. The molecule has 0 aliphatic carbocycles. The molecule has 2 N–H and O–H groups in total. The van der Waals surface area contributed by atoms with Crippen molar-refractivity contribution >= 4 is 23.2 Å². The molecule has 0 radical (unpaired) electrons. The topological polar surface area (TPSA) is 26.0 Å². The van der Waals surface area contributed by atoms with Gasteiger partial charge in [0.05, 0.1) is 0 Å². The van der Waals surface area contributed by atoms with Gasteiger partial charge in [0.2, 0.25) is 0 Å². The molecule has 0 amide bonds. The second kappa shape index (κ2) is 5.29. The summed E-state index contributed by atoms with van der Waals surface area (Å²) in [5.41, 5.74) is 9.03. The van der Waals surface area contributed by atoms with Gasteiger partial charge in [0, 0.05) is 6.04 Å². The van der Waals surface area contributed by atoms with Crippen LogP contribution in [0, 0.1) is 12.3 Å². The molecule has 0 saturated carbocycles. The molecule has 1 atom stereocenters. The number of benzene rings is 2. The lowest BCUT2D eigenvalue weighted by Crippen LogP contribution is -2.26. The first-order valence-electron chi connectivity index (χ1n) is 6.15. The van der Waals surface area contributed by atoms with Gasteiger partial charge < -0.3 is 5.73 Å². The Labute approximate surface area is 116 Å². The third-order valence-corrected chi connectivity index (χ3v) is 3.44. The molecule has 18 heavy (non-hydrogen) atoms. The van der Waals surface area contributed by atoms with Crippen molar-refractivity contribution in [1.82, 2.24) is 0 Å². The van der Waals surface area contributed by atoms with Gasteiger partial charge in [0.25, 0.3) is 0 Å². The first-order chi connectivity index (χ1) is 7.91. The van der Waals surface area contributed by atoms with E-state index in [1.165, 1.54) is 21.9 Å². The molecule has 0 aromatic heterocycles. The van der Waals surface area contributed by atoms with E-state index in [1.807, 2.05) is 0 Å². The van der Waals surface area contributed by atoms with Gasteiger partial charge in [-0.05, 0) is 34.2 Å². The third kappa shape index (κ3) is 2.68. The van der Waals surface area contributed by atoms with Crippen LogP contribution < -0.4 is 5.73 Å². The van der Waals surface area contributed by atoms with Crippen LogP contribution >= 0.6 is 12.4 Å². The van der Waals surface area contributed by atoms with Crippen LogP contribution in [0.4, 0.5) is 0 Å². The Morgan fingerprint density at radius 2 is 1.50 bits per heavy atom. The normalized spacial score (nSPS) is 13.2. The van der Waals surface area contributed by atoms with Crippen molar-refractivity contribution in [2.45, 2.75) is 33.7 Å². The Morgan fingerprint density at radius 3 is 2.06 bits per heavy atom. The van der Waals surface area contributed by atoms with Crippen molar-refractivity contribution in [3.05, 3.63) is 47.5 Å². The second-order valence-corrected chi connectivity index (χ2v) is 5.86. The molecule has 2 aromatic carbocycles. The SMILES string of the molecule is Cc1ccc([C@@H](N)C(C)(C)C)c2ccccc12.Cl. The molecule has 98 valence electrons. The molecular formula is C16H22ClN. The predicted octanol–water partition coefficient (Wildman–Crippen LogP) is 4.62. The van der Waals surface area contributed by atoms with Crippen LogP contribution in [0.5, 0.6) is 0 Å². The summed E-state index contributed by atoms with van der Waals surface area (Å²) in [7, 11) is 0. The Kier molecular flexibility index (Phi) is 4.41. The highest BCUT2D eigenvalue weighted by molar-refractivity contribution is 5.89. The van der Waals surface area contributed by atoms with Crippen molar-refractivity contribution in [2.75, 3.05) is 0 Å². The van der Waals surface area contributed by atoms with Crippen molar-refractivity contribution in [2.24, 2.45) is 11.1 Å². The fraction of sp³-hybridized carbons (Fsp3) is 0.375. The molecule has 2 heteroatoms. The van der Waals surface area contributed by atoms with E-state index < -0.39 is 0 Å². The Balaban J connectivity index is 0.00000162. The smallest absolute Gasteiger partial charge is 0.0350 e. The van der Waals surface area contributed by atoms with Gasteiger partial charge in [-0.3, -0.25) is 0 Å². The zero-order valence-electron chi connectivity index (χ0n) is 11.5. The van der Waals surface area contributed by atoms with Gasteiger partial charge in [-0.1, -0.05) is 57.2 Å². The molecule has 1 nitrogen and oxygen atoms in total. The lowest BCUT2D eigenvalue weighted by molar-refractivity contribution is 0.328. The van der Waals surface area contributed by atoms with Gasteiger partial charge in [-0.2, -0.15) is 0 Å². The van der Waals surface area contributed by atoms with E-state index in [-0.39, 0.29) is 23.9 Å². The molecule has 2 rings (SSSR count). The number of hydrogen-bond acceptors (Lipinski definition) is 1. The van der Waals surface area contributed by atoms with Crippen molar-refractivity contribution in [3.63, 3.8) is 0 Å². The molecule has 0 saturated heterocycles. The van der Waals surface area contributed by atoms with E-state index in [9.17, 15) is 0 Å². The van der Waals surface area contributed by atoms with E-state index in [1.54, 1.807) is 0 Å². The lowest BCUT2D eigenvalue weighted by Gasteiger charge is -2.28. The lowest BCUT2D eigenvalue weighted by atomic mass is 9.81. The van der Waals surface area contributed by atoms with Crippen LogP contribution in [0.3, 0.4) is 0 Å². The summed E-state index contributed by atoms with van der Waals surface area (Å²) in [5, 5.41) is 2.60. The Morgan fingerprint density at radius 1 is 0.944 bits per heavy atom. The molecule has 0 aliphatic heterocycles. The van der Waals surface area contributed by atoms with Gasteiger partial charge in [0.1, 0.15) is 0 Å². The molecule has 0 fully saturated rings. The summed E-state index contributed by atoms with van der Waals surface area (Å²) in [6, 6.07) is 12.9.